The van der Waals surface area contributed by atoms with Crippen molar-refractivity contribution in [1.29, 1.82) is 0 Å². The molecule has 0 aromatic carbocycles. The Balaban J connectivity index is 2.17. The van der Waals surface area contributed by atoms with E-state index >= 15 is 0 Å². The maximum atomic E-state index is 12.2. The minimum absolute atomic E-state index is 0.00569. The Morgan fingerprint density at radius 2 is 2.21 bits per heavy atom. The van der Waals surface area contributed by atoms with Crippen LogP contribution in [0.1, 0.15) is 45.5 Å². The van der Waals surface area contributed by atoms with Crippen molar-refractivity contribution in [3.05, 3.63) is 16.6 Å². The number of likely N-dealkylation sites (tertiary alicyclic amines) is 1. The Morgan fingerprint density at radius 1 is 1.53 bits per heavy atom. The summed E-state index contributed by atoms with van der Waals surface area (Å²) in [4.78, 5) is 18.4. The van der Waals surface area contributed by atoms with Crippen LogP contribution in [0.4, 0.5) is 4.79 Å². The molecule has 0 spiro atoms. The smallest absolute Gasteiger partial charge is 0.410 e. The summed E-state index contributed by atoms with van der Waals surface area (Å²) in [5.41, 5.74) is -0.466. The largest absolute Gasteiger partial charge is 0.444 e. The molecule has 106 valence electrons. The van der Waals surface area contributed by atoms with Crippen LogP contribution in [0.25, 0.3) is 0 Å². The summed E-state index contributed by atoms with van der Waals surface area (Å²) in [6, 6.07) is 0.00569. The highest BCUT2D eigenvalue weighted by molar-refractivity contribution is 9.10. The van der Waals surface area contributed by atoms with Crippen LogP contribution in [0.5, 0.6) is 0 Å². The number of hydrogen-bond acceptors (Lipinski definition) is 3. The molecule has 1 amide bonds. The van der Waals surface area contributed by atoms with Crippen LogP contribution in [0.15, 0.2) is 10.8 Å². The molecule has 0 bridgehead atoms. The Morgan fingerprint density at radius 3 is 2.74 bits per heavy atom. The van der Waals surface area contributed by atoms with E-state index in [9.17, 15) is 4.79 Å². The summed E-state index contributed by atoms with van der Waals surface area (Å²) in [5, 5.41) is 0. The van der Waals surface area contributed by atoms with E-state index in [1.165, 1.54) is 0 Å². The molecular formula is C13H20BrN3O2. The van der Waals surface area contributed by atoms with E-state index in [-0.39, 0.29) is 12.1 Å². The van der Waals surface area contributed by atoms with Gasteiger partial charge in [-0.3, -0.25) is 4.90 Å². The van der Waals surface area contributed by atoms with E-state index in [1.54, 1.807) is 11.1 Å². The first-order chi connectivity index (χ1) is 8.79. The minimum Gasteiger partial charge on any atom is -0.444 e. The van der Waals surface area contributed by atoms with Crippen molar-refractivity contribution in [2.75, 3.05) is 6.54 Å². The van der Waals surface area contributed by atoms with Crippen LogP contribution in [0, 0.1) is 0 Å². The van der Waals surface area contributed by atoms with Crippen molar-refractivity contribution in [1.82, 2.24) is 14.5 Å². The lowest BCUT2D eigenvalue weighted by Gasteiger charge is -2.28. The summed E-state index contributed by atoms with van der Waals surface area (Å²) in [6.07, 6.45) is 3.42. The van der Waals surface area contributed by atoms with Gasteiger partial charge in [0.15, 0.2) is 0 Å². The molecule has 0 N–H and O–H groups in total. The lowest BCUT2D eigenvalue weighted by atomic mass is 10.2. The second-order valence-corrected chi connectivity index (χ2v) is 6.64. The molecule has 1 fully saturated rings. The van der Waals surface area contributed by atoms with E-state index in [4.69, 9.17) is 4.74 Å². The summed E-state index contributed by atoms with van der Waals surface area (Å²) in [5.74, 6) is 0.898. The molecule has 1 aliphatic rings. The summed E-state index contributed by atoms with van der Waals surface area (Å²) >= 11 is 3.43. The Labute approximate surface area is 122 Å². The van der Waals surface area contributed by atoms with E-state index in [1.807, 2.05) is 32.4 Å². The number of amides is 1. The number of imidazole rings is 1. The molecule has 1 aliphatic heterocycles. The highest BCUT2D eigenvalue weighted by atomic mass is 79.9. The van der Waals surface area contributed by atoms with Crippen LogP contribution in [0.2, 0.25) is 0 Å². The fraction of sp³-hybridized carbons (Fsp3) is 0.692. The number of ether oxygens (including phenoxy) is 1. The average Bonchev–Trinajstić information content (AvgIpc) is 2.85. The third-order valence-electron chi connectivity index (χ3n) is 3.15. The van der Waals surface area contributed by atoms with Gasteiger partial charge < -0.3 is 9.30 Å². The third kappa shape index (κ3) is 3.11. The molecule has 0 saturated carbocycles. The average molecular weight is 330 g/mol. The van der Waals surface area contributed by atoms with Crippen LogP contribution < -0.4 is 0 Å². The Hall–Kier alpha value is -1.04. The number of hydrogen-bond donors (Lipinski definition) is 0. The van der Waals surface area contributed by atoms with Gasteiger partial charge in [0.2, 0.25) is 0 Å². The normalized spacial score (nSPS) is 19.8. The molecule has 1 aromatic rings. The van der Waals surface area contributed by atoms with Gasteiger partial charge in [-0.25, -0.2) is 9.78 Å². The number of nitrogens with zero attached hydrogens (tertiary/aromatic N) is 3. The number of carbonyl (C=O) groups is 1. The number of rotatable bonds is 1. The lowest BCUT2D eigenvalue weighted by molar-refractivity contribution is 0.0216. The molecule has 2 heterocycles. The third-order valence-corrected chi connectivity index (χ3v) is 3.88. The molecule has 1 atom stereocenters. The monoisotopic (exact) mass is 329 g/mol. The molecule has 19 heavy (non-hydrogen) atoms. The SMILES string of the molecule is Cn1c(Br)cnc1C1CCCN1C(=O)OC(C)(C)C. The molecule has 1 aromatic heterocycles. The standard InChI is InChI=1S/C13H20BrN3O2/c1-13(2,3)19-12(18)17-7-5-6-9(17)11-15-8-10(14)16(11)4/h8-9H,5-7H2,1-4H3. The fourth-order valence-corrected chi connectivity index (χ4v) is 2.57. The van der Waals surface area contributed by atoms with E-state index in [0.29, 0.717) is 0 Å². The molecule has 5 nitrogen and oxygen atoms in total. The first kappa shape index (κ1) is 14.4. The molecule has 6 heteroatoms. The van der Waals surface area contributed by atoms with E-state index in [0.717, 1.165) is 29.8 Å². The van der Waals surface area contributed by atoms with Gasteiger partial charge >= 0.3 is 6.09 Å². The zero-order valence-corrected chi connectivity index (χ0v) is 13.4. The van der Waals surface area contributed by atoms with Gasteiger partial charge in [0, 0.05) is 13.6 Å². The van der Waals surface area contributed by atoms with Crippen LogP contribution >= 0.6 is 15.9 Å². The van der Waals surface area contributed by atoms with Crippen molar-refractivity contribution in [3.63, 3.8) is 0 Å². The quantitative estimate of drug-likeness (QED) is 0.794. The van der Waals surface area contributed by atoms with Gasteiger partial charge in [-0.2, -0.15) is 0 Å². The molecule has 0 aliphatic carbocycles. The Bertz CT molecular complexity index is 479. The predicted octanol–water partition coefficient (Wildman–Crippen LogP) is 3.25. The van der Waals surface area contributed by atoms with Gasteiger partial charge in [0.25, 0.3) is 0 Å². The van der Waals surface area contributed by atoms with Gasteiger partial charge in [-0.05, 0) is 49.5 Å². The minimum atomic E-state index is -0.466. The first-order valence-corrected chi connectivity index (χ1v) is 7.25. The Kier molecular flexibility index (Phi) is 3.90. The molecule has 1 unspecified atom stereocenters. The summed E-state index contributed by atoms with van der Waals surface area (Å²) in [6.45, 7) is 6.37. The second-order valence-electron chi connectivity index (χ2n) is 5.83. The van der Waals surface area contributed by atoms with Crippen molar-refractivity contribution in [2.45, 2.75) is 45.3 Å². The molecular weight excluding hydrogens is 310 g/mol. The maximum absolute atomic E-state index is 12.2. The van der Waals surface area contributed by atoms with Gasteiger partial charge in [0.1, 0.15) is 16.0 Å². The number of aromatic nitrogens is 2. The van der Waals surface area contributed by atoms with Crippen molar-refractivity contribution in [2.24, 2.45) is 7.05 Å². The van der Waals surface area contributed by atoms with Crippen molar-refractivity contribution in [3.8, 4) is 0 Å². The van der Waals surface area contributed by atoms with Crippen LogP contribution in [-0.2, 0) is 11.8 Å². The lowest BCUT2D eigenvalue weighted by Crippen LogP contribution is -2.37. The summed E-state index contributed by atoms with van der Waals surface area (Å²) in [7, 11) is 1.94. The molecule has 0 radical (unpaired) electrons. The van der Waals surface area contributed by atoms with Crippen molar-refractivity contribution < 1.29 is 9.53 Å². The van der Waals surface area contributed by atoms with E-state index in [2.05, 4.69) is 20.9 Å². The first-order valence-electron chi connectivity index (χ1n) is 6.46. The molecule has 2 rings (SSSR count). The maximum Gasteiger partial charge on any atom is 0.410 e. The van der Waals surface area contributed by atoms with Crippen LogP contribution in [-0.4, -0.2) is 32.7 Å². The van der Waals surface area contributed by atoms with Gasteiger partial charge in [0.05, 0.1) is 12.2 Å². The van der Waals surface area contributed by atoms with Gasteiger partial charge in [-0.15, -0.1) is 0 Å². The fourth-order valence-electron chi connectivity index (χ4n) is 2.29. The van der Waals surface area contributed by atoms with Crippen LogP contribution in [0.3, 0.4) is 0 Å². The number of halogens is 1. The topological polar surface area (TPSA) is 47.4 Å². The van der Waals surface area contributed by atoms with Gasteiger partial charge in [-0.1, -0.05) is 0 Å². The summed E-state index contributed by atoms with van der Waals surface area (Å²) < 4.78 is 8.34. The molecule has 1 saturated heterocycles. The van der Waals surface area contributed by atoms with E-state index < -0.39 is 5.60 Å². The number of carbonyl (C=O) groups excluding carboxylic acids is 1. The highest BCUT2D eigenvalue weighted by Crippen LogP contribution is 2.33. The second kappa shape index (κ2) is 5.15. The van der Waals surface area contributed by atoms with Crippen molar-refractivity contribution >= 4 is 22.0 Å². The highest BCUT2D eigenvalue weighted by Gasteiger charge is 2.35. The zero-order valence-electron chi connectivity index (χ0n) is 11.8. The predicted molar refractivity (Wildman–Crippen MR) is 75.8 cm³/mol. The zero-order chi connectivity index (χ0) is 14.2.